The van der Waals surface area contributed by atoms with E-state index in [2.05, 4.69) is 5.32 Å². The molecule has 2 aliphatic rings. The lowest BCUT2D eigenvalue weighted by Gasteiger charge is -2.36. The quantitative estimate of drug-likeness (QED) is 0.642. The van der Waals surface area contributed by atoms with Gasteiger partial charge in [-0.3, -0.25) is 20.2 Å². The van der Waals surface area contributed by atoms with Crippen LogP contribution in [0.25, 0.3) is 0 Å². The minimum atomic E-state index is -0.439. The standard InChI is InChI=1S/C18H17N3O6/c1-26-16-5-3-11(21(24)25)9-14(16)17-12-6-7-27-18(12)13-8-10(20(22)23)2-4-15(13)19-17/h2-5,8-9,12,17-19H,6-7H2,1H3/t12-,17-,18-/m1/s1. The van der Waals surface area contributed by atoms with Crippen LogP contribution in [-0.4, -0.2) is 23.6 Å². The number of fused-ring (bicyclic) bond motifs is 3. The number of nitrogens with one attached hydrogen (secondary N) is 1. The van der Waals surface area contributed by atoms with Gasteiger partial charge in [-0.2, -0.15) is 0 Å². The van der Waals surface area contributed by atoms with Crippen molar-refractivity contribution < 1.29 is 19.3 Å². The summed E-state index contributed by atoms with van der Waals surface area (Å²) in [5.74, 6) is 0.532. The zero-order chi connectivity index (χ0) is 19.1. The lowest BCUT2D eigenvalue weighted by molar-refractivity contribution is -0.385. The van der Waals surface area contributed by atoms with Crippen LogP contribution in [0.3, 0.4) is 0 Å². The minimum absolute atomic E-state index is 0.0104. The second kappa shape index (κ2) is 6.51. The lowest BCUT2D eigenvalue weighted by atomic mass is 9.80. The maximum Gasteiger partial charge on any atom is 0.270 e. The van der Waals surface area contributed by atoms with E-state index < -0.39 is 9.85 Å². The number of hydrogen-bond acceptors (Lipinski definition) is 7. The number of benzene rings is 2. The first-order valence-electron chi connectivity index (χ1n) is 8.48. The summed E-state index contributed by atoms with van der Waals surface area (Å²) in [6.45, 7) is 0.521. The third kappa shape index (κ3) is 2.85. The van der Waals surface area contributed by atoms with Crippen molar-refractivity contribution in [1.82, 2.24) is 0 Å². The van der Waals surface area contributed by atoms with Crippen LogP contribution >= 0.6 is 0 Å². The molecule has 1 fully saturated rings. The molecule has 0 saturated carbocycles. The number of anilines is 1. The Morgan fingerprint density at radius 3 is 2.41 bits per heavy atom. The number of ether oxygens (including phenoxy) is 2. The summed E-state index contributed by atoms with van der Waals surface area (Å²) in [4.78, 5) is 21.5. The van der Waals surface area contributed by atoms with Crippen LogP contribution in [0.1, 0.15) is 29.7 Å². The lowest BCUT2D eigenvalue weighted by Crippen LogP contribution is -2.29. The molecule has 0 spiro atoms. The van der Waals surface area contributed by atoms with Crippen LogP contribution in [0.5, 0.6) is 5.75 Å². The molecule has 2 aromatic carbocycles. The molecular formula is C18H17N3O6. The molecule has 0 radical (unpaired) electrons. The fourth-order valence-electron chi connectivity index (χ4n) is 3.96. The molecule has 4 rings (SSSR count). The smallest absolute Gasteiger partial charge is 0.270 e. The number of nitrogens with zero attached hydrogens (tertiary/aromatic N) is 2. The van der Waals surface area contributed by atoms with E-state index in [1.165, 1.54) is 31.4 Å². The maximum absolute atomic E-state index is 11.2. The molecule has 0 aromatic heterocycles. The highest BCUT2D eigenvalue weighted by Gasteiger charge is 2.43. The Bertz CT molecular complexity index is 931. The Morgan fingerprint density at radius 1 is 1.07 bits per heavy atom. The summed E-state index contributed by atoms with van der Waals surface area (Å²) >= 11 is 0. The third-order valence-electron chi connectivity index (χ3n) is 5.19. The van der Waals surface area contributed by atoms with E-state index in [1.54, 1.807) is 12.1 Å². The predicted octanol–water partition coefficient (Wildman–Crippen LogP) is 3.76. The van der Waals surface area contributed by atoms with Crippen molar-refractivity contribution in [2.75, 3.05) is 19.0 Å². The van der Waals surface area contributed by atoms with Crippen molar-refractivity contribution >= 4 is 17.1 Å². The molecule has 0 amide bonds. The molecule has 0 unspecified atom stereocenters. The first-order chi connectivity index (χ1) is 13.0. The molecule has 3 atom stereocenters. The van der Waals surface area contributed by atoms with Crippen molar-refractivity contribution in [1.29, 1.82) is 0 Å². The molecule has 140 valence electrons. The van der Waals surface area contributed by atoms with E-state index in [-0.39, 0.29) is 29.4 Å². The van der Waals surface area contributed by atoms with Gasteiger partial charge in [-0.1, -0.05) is 0 Å². The van der Waals surface area contributed by atoms with Crippen LogP contribution in [0.15, 0.2) is 36.4 Å². The summed E-state index contributed by atoms with van der Waals surface area (Å²) in [5.41, 5.74) is 2.14. The molecule has 9 heteroatoms. The van der Waals surface area contributed by atoms with Crippen molar-refractivity contribution in [3.05, 3.63) is 67.8 Å². The number of methoxy groups -OCH3 is 1. The van der Waals surface area contributed by atoms with E-state index in [9.17, 15) is 20.2 Å². The Labute approximate surface area is 154 Å². The van der Waals surface area contributed by atoms with Crippen LogP contribution in [-0.2, 0) is 4.74 Å². The largest absolute Gasteiger partial charge is 0.496 e. The molecule has 0 bridgehead atoms. The van der Waals surface area contributed by atoms with Crippen molar-refractivity contribution in [2.45, 2.75) is 18.6 Å². The van der Waals surface area contributed by atoms with Gasteiger partial charge in [0.1, 0.15) is 5.75 Å². The van der Waals surface area contributed by atoms with Gasteiger partial charge in [-0.25, -0.2) is 0 Å². The van der Waals surface area contributed by atoms with Crippen molar-refractivity contribution in [3.8, 4) is 5.75 Å². The van der Waals surface area contributed by atoms with Gasteiger partial charge in [0.15, 0.2) is 0 Å². The van der Waals surface area contributed by atoms with Gasteiger partial charge in [0.2, 0.25) is 0 Å². The number of hydrogen-bond donors (Lipinski definition) is 1. The zero-order valence-corrected chi connectivity index (χ0v) is 14.5. The molecule has 2 aromatic rings. The van der Waals surface area contributed by atoms with E-state index in [0.717, 1.165) is 17.7 Å². The average Bonchev–Trinajstić information content (AvgIpc) is 3.16. The van der Waals surface area contributed by atoms with Gasteiger partial charge in [0.05, 0.1) is 29.1 Å². The molecular weight excluding hydrogens is 354 g/mol. The summed E-state index contributed by atoms with van der Waals surface area (Å²) in [6.07, 6.45) is 0.422. The first kappa shape index (κ1) is 17.2. The van der Waals surface area contributed by atoms with E-state index >= 15 is 0 Å². The van der Waals surface area contributed by atoms with E-state index in [4.69, 9.17) is 9.47 Å². The van der Waals surface area contributed by atoms with Gasteiger partial charge < -0.3 is 14.8 Å². The molecule has 27 heavy (non-hydrogen) atoms. The normalized spacial score (nSPS) is 23.1. The molecule has 9 nitrogen and oxygen atoms in total. The van der Waals surface area contributed by atoms with Gasteiger partial charge in [0, 0.05) is 53.6 Å². The van der Waals surface area contributed by atoms with Gasteiger partial charge in [0.25, 0.3) is 11.4 Å². The summed E-state index contributed by atoms with van der Waals surface area (Å²) < 4.78 is 11.3. The highest BCUT2D eigenvalue weighted by molar-refractivity contribution is 5.62. The average molecular weight is 371 g/mol. The fourth-order valence-corrected chi connectivity index (χ4v) is 3.96. The number of nitro groups is 2. The molecule has 1 saturated heterocycles. The molecule has 2 heterocycles. The Balaban J connectivity index is 1.81. The van der Waals surface area contributed by atoms with Crippen LogP contribution < -0.4 is 10.1 Å². The van der Waals surface area contributed by atoms with Crippen molar-refractivity contribution in [3.63, 3.8) is 0 Å². The van der Waals surface area contributed by atoms with Crippen LogP contribution in [0, 0.1) is 26.1 Å². The maximum atomic E-state index is 11.2. The summed E-state index contributed by atoms with van der Waals surface area (Å²) in [6, 6.07) is 8.87. The van der Waals surface area contributed by atoms with Gasteiger partial charge in [-0.05, 0) is 18.6 Å². The van der Waals surface area contributed by atoms with Gasteiger partial charge in [-0.15, -0.1) is 0 Å². The molecule has 0 aliphatic carbocycles. The second-order valence-electron chi connectivity index (χ2n) is 6.58. The van der Waals surface area contributed by atoms with E-state index in [0.29, 0.717) is 17.9 Å². The van der Waals surface area contributed by atoms with Crippen LogP contribution in [0.2, 0.25) is 0 Å². The van der Waals surface area contributed by atoms with Crippen molar-refractivity contribution in [2.24, 2.45) is 5.92 Å². The third-order valence-corrected chi connectivity index (χ3v) is 5.19. The fraction of sp³-hybridized carbons (Fsp3) is 0.333. The minimum Gasteiger partial charge on any atom is -0.496 e. The topological polar surface area (TPSA) is 117 Å². The molecule has 2 aliphatic heterocycles. The Morgan fingerprint density at radius 2 is 1.74 bits per heavy atom. The SMILES string of the molecule is COc1ccc([N+](=O)[O-])cc1[C@@H]1Nc2ccc([N+](=O)[O-])cc2[C@@H]2OCC[C@H]12. The summed E-state index contributed by atoms with van der Waals surface area (Å²) in [7, 11) is 1.52. The molecule has 1 N–H and O–H groups in total. The number of non-ortho nitro benzene ring substituents is 2. The number of nitro benzene ring substituents is 2. The predicted molar refractivity (Wildman–Crippen MR) is 95.9 cm³/mol. The highest BCUT2D eigenvalue weighted by Crippen LogP contribution is 2.52. The summed E-state index contributed by atoms with van der Waals surface area (Å²) in [5, 5.41) is 25.7. The first-order valence-corrected chi connectivity index (χ1v) is 8.48. The second-order valence-corrected chi connectivity index (χ2v) is 6.58. The van der Waals surface area contributed by atoms with Crippen LogP contribution in [0.4, 0.5) is 17.1 Å². The zero-order valence-electron chi connectivity index (χ0n) is 14.5. The Hall–Kier alpha value is -3.20. The Kier molecular flexibility index (Phi) is 4.15. The monoisotopic (exact) mass is 371 g/mol. The number of rotatable bonds is 4. The van der Waals surface area contributed by atoms with E-state index in [1.807, 2.05) is 0 Å². The highest BCUT2D eigenvalue weighted by atomic mass is 16.6. The van der Waals surface area contributed by atoms with Gasteiger partial charge >= 0.3 is 0 Å².